The lowest BCUT2D eigenvalue weighted by molar-refractivity contribution is -0.147. The number of carbonyl (C=O) groups excluding carboxylic acids is 1. The number of allylic oxidation sites excluding steroid dienone is 2. The monoisotopic (exact) mass is 424 g/mol. The number of alkyl halides is 3. The molecule has 3 rings (SSSR count). The third kappa shape index (κ3) is 5.12. The molecule has 29 heavy (non-hydrogen) atoms. The third-order valence-corrected chi connectivity index (χ3v) is 5.36. The number of hydrogen-bond donors (Lipinski definition) is 0. The van der Waals surface area contributed by atoms with Crippen LogP contribution in [0, 0.1) is 17.3 Å². The lowest BCUT2D eigenvalue weighted by Crippen LogP contribution is -2.11. The maximum atomic E-state index is 12.7. The molecule has 0 aromatic heterocycles. The van der Waals surface area contributed by atoms with E-state index >= 15 is 0 Å². The van der Waals surface area contributed by atoms with Crippen LogP contribution in [-0.2, 0) is 16.1 Å². The second-order valence-corrected chi connectivity index (χ2v) is 7.91. The molecule has 1 aliphatic carbocycles. The minimum absolute atomic E-state index is 0.000834. The van der Waals surface area contributed by atoms with Gasteiger partial charge in [0.1, 0.15) is 23.1 Å². The number of carbonyl (C=O) groups is 1. The van der Waals surface area contributed by atoms with Crippen molar-refractivity contribution in [3.8, 4) is 11.5 Å². The highest BCUT2D eigenvalue weighted by molar-refractivity contribution is 6.30. The van der Waals surface area contributed by atoms with Crippen molar-refractivity contribution in [2.45, 2.75) is 26.6 Å². The van der Waals surface area contributed by atoms with Gasteiger partial charge in [-0.25, -0.2) is 0 Å². The van der Waals surface area contributed by atoms with Gasteiger partial charge in [-0.1, -0.05) is 61.9 Å². The van der Waals surface area contributed by atoms with Gasteiger partial charge in [0.25, 0.3) is 0 Å². The summed E-state index contributed by atoms with van der Waals surface area (Å²) in [5.41, 5.74) is 0.0754. The van der Waals surface area contributed by atoms with Crippen LogP contribution in [0.2, 0.25) is 0 Å². The number of rotatable bonds is 6. The average Bonchev–Trinajstić information content (AvgIpc) is 3.20. The van der Waals surface area contributed by atoms with E-state index in [2.05, 4.69) is 0 Å². The Bertz CT molecular complexity index is 907. The Morgan fingerprint density at radius 2 is 1.76 bits per heavy atom. The van der Waals surface area contributed by atoms with Crippen molar-refractivity contribution in [1.82, 2.24) is 0 Å². The number of ether oxygens (including phenoxy) is 2. The highest BCUT2D eigenvalue weighted by Gasteiger charge is 2.62. The average molecular weight is 425 g/mol. The number of hydrogen-bond acceptors (Lipinski definition) is 3. The predicted octanol–water partition coefficient (Wildman–Crippen LogP) is 6.48. The van der Waals surface area contributed by atoms with Gasteiger partial charge in [0.05, 0.1) is 5.92 Å². The molecule has 0 saturated heterocycles. The molecular formula is C22H20ClF3O3. The minimum Gasteiger partial charge on any atom is -0.461 e. The zero-order valence-electron chi connectivity index (χ0n) is 15.9. The highest BCUT2D eigenvalue weighted by Crippen LogP contribution is 2.60. The van der Waals surface area contributed by atoms with Crippen LogP contribution in [0.1, 0.15) is 19.4 Å². The van der Waals surface area contributed by atoms with E-state index in [1.54, 1.807) is 38.1 Å². The van der Waals surface area contributed by atoms with Crippen LogP contribution in [0.15, 0.2) is 65.7 Å². The summed E-state index contributed by atoms with van der Waals surface area (Å²) in [5.74, 6) is -0.552. The Morgan fingerprint density at radius 1 is 1.10 bits per heavy atom. The first kappa shape index (κ1) is 21.2. The quantitative estimate of drug-likeness (QED) is 0.498. The van der Waals surface area contributed by atoms with E-state index in [-0.39, 0.29) is 6.61 Å². The summed E-state index contributed by atoms with van der Waals surface area (Å²) in [6.45, 7) is 3.44. The van der Waals surface area contributed by atoms with Crippen LogP contribution in [0.4, 0.5) is 13.2 Å². The molecule has 3 nitrogen and oxygen atoms in total. The SMILES string of the molecule is CC1(C)[C@@H](/C=C(/Cl)C(F)(F)F)[C@@H]1C(=O)OCc1cccc(Oc2ccccc2)c1. The van der Waals surface area contributed by atoms with Gasteiger partial charge in [-0.15, -0.1) is 0 Å². The Hall–Kier alpha value is -2.47. The Morgan fingerprint density at radius 3 is 2.41 bits per heavy atom. The summed E-state index contributed by atoms with van der Waals surface area (Å²) in [6.07, 6.45) is -3.71. The first-order valence-corrected chi connectivity index (χ1v) is 9.40. The molecule has 0 radical (unpaired) electrons. The van der Waals surface area contributed by atoms with Gasteiger partial charge >= 0.3 is 12.1 Å². The molecule has 0 N–H and O–H groups in total. The second kappa shape index (κ2) is 8.11. The Kier molecular flexibility index (Phi) is 5.94. The van der Waals surface area contributed by atoms with Crippen molar-refractivity contribution in [2.75, 3.05) is 0 Å². The van der Waals surface area contributed by atoms with Gasteiger partial charge in [0.15, 0.2) is 0 Å². The Balaban J connectivity index is 1.60. The summed E-state index contributed by atoms with van der Waals surface area (Å²) in [7, 11) is 0. The molecule has 1 saturated carbocycles. The first-order chi connectivity index (χ1) is 13.6. The van der Waals surface area contributed by atoms with Gasteiger partial charge in [0, 0.05) is 0 Å². The smallest absolute Gasteiger partial charge is 0.426 e. The van der Waals surface area contributed by atoms with Crippen LogP contribution in [0.5, 0.6) is 11.5 Å². The van der Waals surface area contributed by atoms with E-state index in [1.165, 1.54) is 0 Å². The number of halogens is 4. The molecule has 2 aromatic rings. The van der Waals surface area contributed by atoms with Gasteiger partial charge in [-0.05, 0) is 41.2 Å². The van der Waals surface area contributed by atoms with Crippen LogP contribution < -0.4 is 4.74 Å². The maximum Gasteiger partial charge on any atom is 0.426 e. The van der Waals surface area contributed by atoms with Crippen molar-refractivity contribution < 1.29 is 27.4 Å². The van der Waals surface area contributed by atoms with Crippen molar-refractivity contribution in [3.63, 3.8) is 0 Å². The topological polar surface area (TPSA) is 35.5 Å². The zero-order chi connectivity index (χ0) is 21.2. The molecule has 154 valence electrons. The second-order valence-electron chi connectivity index (χ2n) is 7.51. The molecule has 0 amide bonds. The summed E-state index contributed by atoms with van der Waals surface area (Å²) in [4.78, 5) is 12.4. The highest BCUT2D eigenvalue weighted by atomic mass is 35.5. The van der Waals surface area contributed by atoms with E-state index in [0.29, 0.717) is 17.1 Å². The summed E-state index contributed by atoms with van der Waals surface area (Å²) in [6, 6.07) is 16.3. The van der Waals surface area contributed by atoms with E-state index in [9.17, 15) is 18.0 Å². The van der Waals surface area contributed by atoms with E-state index in [4.69, 9.17) is 21.1 Å². The lowest BCUT2D eigenvalue weighted by Gasteiger charge is -2.09. The fraction of sp³-hybridized carbons (Fsp3) is 0.318. The molecule has 2 atom stereocenters. The standard InChI is InChI=1S/C22H20ClF3O3/c1-21(2)17(12-18(23)22(24,25)26)19(21)20(27)28-13-14-7-6-10-16(11-14)29-15-8-4-3-5-9-15/h3-12,17,19H,13H2,1-2H3/b18-12+/t17-,19+/m0/s1. The molecule has 1 fully saturated rings. The normalized spacial score (nSPS) is 20.8. The Labute approximate surface area is 172 Å². The van der Waals surface area contributed by atoms with Crippen LogP contribution in [0.3, 0.4) is 0 Å². The zero-order valence-corrected chi connectivity index (χ0v) is 16.6. The van der Waals surface area contributed by atoms with Crippen LogP contribution in [-0.4, -0.2) is 12.1 Å². The largest absolute Gasteiger partial charge is 0.461 e. The molecular weight excluding hydrogens is 405 g/mol. The molecule has 0 spiro atoms. The molecule has 0 unspecified atom stereocenters. The van der Waals surface area contributed by atoms with E-state index in [1.807, 2.05) is 30.3 Å². The third-order valence-electron chi connectivity index (χ3n) is 5.02. The van der Waals surface area contributed by atoms with E-state index < -0.39 is 34.4 Å². The number of esters is 1. The van der Waals surface area contributed by atoms with Crippen molar-refractivity contribution in [2.24, 2.45) is 17.3 Å². The van der Waals surface area contributed by atoms with Crippen molar-refractivity contribution >= 4 is 17.6 Å². The molecule has 0 aliphatic heterocycles. The fourth-order valence-electron chi connectivity index (χ4n) is 3.26. The molecule has 7 heteroatoms. The number of para-hydroxylation sites is 1. The molecule has 1 aliphatic rings. The van der Waals surface area contributed by atoms with Crippen molar-refractivity contribution in [1.29, 1.82) is 0 Å². The summed E-state index contributed by atoms with van der Waals surface area (Å²) < 4.78 is 49.0. The molecule has 2 aromatic carbocycles. The molecule has 0 heterocycles. The van der Waals surface area contributed by atoms with Crippen LogP contribution >= 0.6 is 11.6 Å². The summed E-state index contributed by atoms with van der Waals surface area (Å²) in [5, 5.41) is -1.21. The minimum atomic E-state index is -4.62. The number of benzene rings is 2. The van der Waals surface area contributed by atoms with E-state index in [0.717, 1.165) is 6.08 Å². The maximum absolute atomic E-state index is 12.7. The van der Waals surface area contributed by atoms with Gasteiger partial charge in [-0.2, -0.15) is 13.2 Å². The van der Waals surface area contributed by atoms with Crippen LogP contribution in [0.25, 0.3) is 0 Å². The lowest BCUT2D eigenvalue weighted by atomic mass is 10.1. The predicted molar refractivity (Wildman–Crippen MR) is 104 cm³/mol. The van der Waals surface area contributed by atoms with Gasteiger partial charge < -0.3 is 9.47 Å². The molecule has 0 bridgehead atoms. The van der Waals surface area contributed by atoms with Crippen molar-refractivity contribution in [3.05, 3.63) is 71.3 Å². The summed E-state index contributed by atoms with van der Waals surface area (Å²) >= 11 is 5.32. The first-order valence-electron chi connectivity index (χ1n) is 9.02. The van der Waals surface area contributed by atoms with Gasteiger partial charge in [0.2, 0.25) is 0 Å². The van der Waals surface area contributed by atoms with Gasteiger partial charge in [-0.3, -0.25) is 4.79 Å². The fourth-order valence-corrected chi connectivity index (χ4v) is 3.39.